The van der Waals surface area contributed by atoms with Crippen LogP contribution in [0, 0.1) is 5.92 Å². The van der Waals surface area contributed by atoms with Gasteiger partial charge in [-0.3, -0.25) is 4.79 Å². The molecule has 0 aromatic heterocycles. The van der Waals surface area contributed by atoms with E-state index < -0.39 is 11.6 Å². The van der Waals surface area contributed by atoms with Crippen LogP contribution in [-0.4, -0.2) is 60.1 Å². The van der Waals surface area contributed by atoms with Crippen LogP contribution in [0.4, 0.5) is 0 Å². The van der Waals surface area contributed by atoms with E-state index >= 15 is 0 Å². The molecule has 0 spiro atoms. The number of likely N-dealkylation sites (N-methyl/N-ethyl adjacent to an activating group) is 1. The van der Waals surface area contributed by atoms with Crippen LogP contribution < -0.4 is 5.73 Å². The lowest BCUT2D eigenvalue weighted by atomic mass is 9.90. The number of carbonyl (C=O) groups is 2. The number of hydrogen-bond donors (Lipinski definition) is 2. The Morgan fingerprint density at radius 3 is 2.33 bits per heavy atom. The third kappa shape index (κ3) is 5.37. The van der Waals surface area contributed by atoms with Crippen molar-refractivity contribution in [2.24, 2.45) is 11.7 Å². The lowest BCUT2D eigenvalue weighted by molar-refractivity contribution is -0.144. The first-order chi connectivity index (χ1) is 9.61. The van der Waals surface area contributed by atoms with Gasteiger partial charge in [-0.25, -0.2) is 0 Å². The molecule has 0 aliphatic heterocycles. The Balaban J connectivity index is 5.33. The molecule has 124 valence electrons. The van der Waals surface area contributed by atoms with E-state index in [2.05, 4.69) is 0 Å². The summed E-state index contributed by atoms with van der Waals surface area (Å²) < 4.78 is 5.38. The third-order valence-electron chi connectivity index (χ3n) is 4.06. The maximum Gasteiger partial charge on any atom is 0.242 e. The van der Waals surface area contributed by atoms with Crippen LogP contribution in [0.3, 0.4) is 0 Å². The molecule has 0 aliphatic carbocycles. The molecular weight excluding hydrogens is 272 g/mol. The van der Waals surface area contributed by atoms with Crippen LogP contribution in [0.5, 0.6) is 0 Å². The van der Waals surface area contributed by atoms with E-state index in [0.717, 1.165) is 12.7 Å². The topological polar surface area (TPSA) is 92.9 Å². The molecule has 0 saturated heterocycles. The Kier molecular flexibility index (Phi) is 8.06. The van der Waals surface area contributed by atoms with Gasteiger partial charge in [-0.2, -0.15) is 0 Å². The molecule has 3 N–H and O–H groups in total. The highest BCUT2D eigenvalue weighted by Gasteiger charge is 2.38. The fourth-order valence-electron chi connectivity index (χ4n) is 2.38. The van der Waals surface area contributed by atoms with Gasteiger partial charge in [0, 0.05) is 20.6 Å². The maximum absolute atomic E-state index is 12.5. The van der Waals surface area contributed by atoms with Crippen molar-refractivity contribution in [3.05, 3.63) is 0 Å². The van der Waals surface area contributed by atoms with E-state index in [9.17, 15) is 14.7 Å². The van der Waals surface area contributed by atoms with Crippen molar-refractivity contribution in [3.63, 3.8) is 0 Å². The SMILES string of the molecule is CCC(C)C(C(CC=O)OC)N(C)C(=O)[C@@H](N)C(C)(C)O. The van der Waals surface area contributed by atoms with Crippen molar-refractivity contribution in [1.82, 2.24) is 4.90 Å². The number of hydrogen-bond acceptors (Lipinski definition) is 5. The first kappa shape index (κ1) is 20.0. The second-order valence-corrected chi connectivity index (χ2v) is 6.13. The van der Waals surface area contributed by atoms with Gasteiger partial charge in [-0.05, 0) is 19.8 Å². The van der Waals surface area contributed by atoms with Crippen molar-refractivity contribution in [1.29, 1.82) is 0 Å². The molecule has 0 aliphatic rings. The summed E-state index contributed by atoms with van der Waals surface area (Å²) in [4.78, 5) is 24.8. The van der Waals surface area contributed by atoms with Gasteiger partial charge in [0.05, 0.1) is 17.7 Å². The van der Waals surface area contributed by atoms with Gasteiger partial charge in [0.2, 0.25) is 5.91 Å². The van der Waals surface area contributed by atoms with E-state index in [1.165, 1.54) is 25.9 Å². The average Bonchev–Trinajstić information content (AvgIpc) is 2.43. The zero-order valence-corrected chi connectivity index (χ0v) is 14.0. The first-order valence-electron chi connectivity index (χ1n) is 7.32. The van der Waals surface area contributed by atoms with Crippen molar-refractivity contribution < 1.29 is 19.4 Å². The van der Waals surface area contributed by atoms with Crippen LogP contribution in [0.15, 0.2) is 0 Å². The number of aldehydes is 1. The predicted molar refractivity (Wildman–Crippen MR) is 81.8 cm³/mol. The lowest BCUT2D eigenvalue weighted by Gasteiger charge is -2.39. The normalized spacial score (nSPS) is 17.7. The van der Waals surface area contributed by atoms with Crippen molar-refractivity contribution >= 4 is 12.2 Å². The number of rotatable bonds is 9. The molecule has 0 aromatic carbocycles. The van der Waals surface area contributed by atoms with E-state index in [-0.39, 0.29) is 30.4 Å². The molecule has 0 saturated carbocycles. The van der Waals surface area contributed by atoms with Crippen molar-refractivity contribution in [3.8, 4) is 0 Å². The van der Waals surface area contributed by atoms with E-state index in [1.54, 1.807) is 7.05 Å². The number of nitrogens with zero attached hydrogens (tertiary/aromatic N) is 1. The minimum Gasteiger partial charge on any atom is -0.388 e. The summed E-state index contributed by atoms with van der Waals surface area (Å²) >= 11 is 0. The van der Waals surface area contributed by atoms with E-state index in [4.69, 9.17) is 10.5 Å². The quantitative estimate of drug-likeness (QED) is 0.607. The van der Waals surface area contributed by atoms with Crippen molar-refractivity contribution in [2.75, 3.05) is 14.2 Å². The van der Waals surface area contributed by atoms with Crippen molar-refractivity contribution in [2.45, 2.75) is 64.3 Å². The summed E-state index contributed by atoms with van der Waals surface area (Å²) in [6, 6.07) is -1.30. The van der Waals surface area contributed by atoms with Crippen LogP contribution in [0.2, 0.25) is 0 Å². The van der Waals surface area contributed by atoms with Gasteiger partial charge in [-0.1, -0.05) is 20.3 Å². The second kappa shape index (κ2) is 8.46. The first-order valence-corrected chi connectivity index (χ1v) is 7.32. The zero-order valence-electron chi connectivity index (χ0n) is 14.0. The highest BCUT2D eigenvalue weighted by atomic mass is 16.5. The van der Waals surface area contributed by atoms with Crippen LogP contribution in [0.25, 0.3) is 0 Å². The predicted octanol–water partition coefficient (Wildman–Crippen LogP) is 0.562. The molecule has 0 rings (SSSR count). The fourth-order valence-corrected chi connectivity index (χ4v) is 2.38. The maximum atomic E-state index is 12.5. The Hall–Kier alpha value is -0.980. The largest absolute Gasteiger partial charge is 0.388 e. The molecule has 6 heteroatoms. The number of amides is 1. The number of nitrogens with two attached hydrogens (primary N) is 1. The second-order valence-electron chi connectivity index (χ2n) is 6.13. The minimum absolute atomic E-state index is 0.137. The van der Waals surface area contributed by atoms with Gasteiger partial charge in [0.1, 0.15) is 12.3 Å². The number of methoxy groups -OCH3 is 1. The molecule has 1 amide bonds. The molecule has 21 heavy (non-hydrogen) atoms. The number of carbonyl (C=O) groups excluding carboxylic acids is 2. The lowest BCUT2D eigenvalue weighted by Crippen LogP contribution is -2.59. The van der Waals surface area contributed by atoms with E-state index in [1.807, 2.05) is 13.8 Å². The highest BCUT2D eigenvalue weighted by Crippen LogP contribution is 2.22. The molecule has 0 bridgehead atoms. The molecule has 3 unspecified atom stereocenters. The third-order valence-corrected chi connectivity index (χ3v) is 4.06. The molecule has 4 atom stereocenters. The Labute approximate surface area is 127 Å². The van der Waals surface area contributed by atoms with E-state index in [0.29, 0.717) is 0 Å². The fraction of sp³-hybridized carbons (Fsp3) is 0.867. The Morgan fingerprint density at radius 1 is 1.48 bits per heavy atom. The molecule has 0 heterocycles. The monoisotopic (exact) mass is 302 g/mol. The molecule has 6 nitrogen and oxygen atoms in total. The van der Waals surface area contributed by atoms with Gasteiger partial charge in [-0.15, -0.1) is 0 Å². The number of ether oxygens (including phenoxy) is 1. The number of aliphatic hydroxyl groups is 1. The molecular formula is C15H30N2O4. The van der Waals surface area contributed by atoms with Crippen LogP contribution in [-0.2, 0) is 14.3 Å². The zero-order chi connectivity index (χ0) is 16.8. The Morgan fingerprint density at radius 2 is 2.00 bits per heavy atom. The molecule has 0 aromatic rings. The standard InChI is InChI=1S/C15H30N2O4/c1-7-10(2)12(11(21-6)8-9-18)17(5)14(19)13(16)15(3,4)20/h9-13,20H,7-8,16H2,1-6H3/t10?,11?,12?,13-/m1/s1. The summed E-state index contributed by atoms with van der Waals surface area (Å²) in [5, 5.41) is 9.92. The molecule has 0 fully saturated rings. The smallest absolute Gasteiger partial charge is 0.242 e. The highest BCUT2D eigenvalue weighted by molar-refractivity contribution is 5.83. The van der Waals surface area contributed by atoms with Crippen LogP contribution >= 0.6 is 0 Å². The summed E-state index contributed by atoms with van der Waals surface area (Å²) in [5.74, 6) is -0.224. The van der Waals surface area contributed by atoms with Crippen LogP contribution in [0.1, 0.15) is 40.5 Å². The minimum atomic E-state index is -1.31. The summed E-state index contributed by atoms with van der Waals surface area (Å²) in [6.45, 7) is 7.02. The van der Waals surface area contributed by atoms with Gasteiger partial charge in [0.25, 0.3) is 0 Å². The molecule has 0 radical (unpaired) electrons. The average molecular weight is 302 g/mol. The summed E-state index contributed by atoms with van der Waals surface area (Å²) in [6.07, 6.45) is 1.44. The van der Waals surface area contributed by atoms with Gasteiger partial charge in [0.15, 0.2) is 0 Å². The summed E-state index contributed by atoms with van der Waals surface area (Å²) in [7, 11) is 3.17. The Bertz CT molecular complexity index is 341. The summed E-state index contributed by atoms with van der Waals surface area (Å²) in [5.41, 5.74) is 4.53. The van der Waals surface area contributed by atoms with Gasteiger partial charge < -0.3 is 25.3 Å². The van der Waals surface area contributed by atoms with Gasteiger partial charge >= 0.3 is 0 Å².